The second-order valence-electron chi connectivity index (χ2n) is 6.65. The number of aromatic nitrogens is 2. The van der Waals surface area contributed by atoms with Crippen molar-refractivity contribution >= 4 is 5.96 Å². The van der Waals surface area contributed by atoms with Crippen LogP contribution in [0.1, 0.15) is 30.7 Å². The molecular weight excluding hydrogens is 288 g/mol. The van der Waals surface area contributed by atoms with Crippen molar-refractivity contribution in [3.05, 3.63) is 17.5 Å². The molecule has 2 N–H and O–H groups in total. The summed E-state index contributed by atoms with van der Waals surface area (Å²) in [5, 5.41) is 11.4. The van der Waals surface area contributed by atoms with E-state index in [0.717, 1.165) is 43.6 Å². The van der Waals surface area contributed by atoms with E-state index < -0.39 is 0 Å². The van der Waals surface area contributed by atoms with Crippen molar-refractivity contribution in [2.24, 2.45) is 10.9 Å². The van der Waals surface area contributed by atoms with Gasteiger partial charge in [-0.05, 0) is 58.7 Å². The summed E-state index contributed by atoms with van der Waals surface area (Å²) in [6.45, 7) is 9.41. The Labute approximate surface area is 140 Å². The fraction of sp³-hybridized carbons (Fsp3) is 0.765. The van der Waals surface area contributed by atoms with Gasteiger partial charge in [-0.2, -0.15) is 5.10 Å². The molecule has 23 heavy (non-hydrogen) atoms. The third kappa shape index (κ3) is 5.86. The quantitative estimate of drug-likeness (QED) is 0.472. The number of rotatable bonds is 6. The summed E-state index contributed by atoms with van der Waals surface area (Å²) in [6.07, 6.45) is 3.65. The van der Waals surface area contributed by atoms with E-state index in [2.05, 4.69) is 50.3 Å². The van der Waals surface area contributed by atoms with Gasteiger partial charge < -0.3 is 15.5 Å². The Hall–Kier alpha value is -1.56. The molecule has 1 aliphatic heterocycles. The van der Waals surface area contributed by atoms with Crippen LogP contribution in [0, 0.1) is 19.8 Å². The first-order valence-electron chi connectivity index (χ1n) is 8.72. The van der Waals surface area contributed by atoms with Gasteiger partial charge in [0, 0.05) is 38.9 Å². The molecule has 0 amide bonds. The van der Waals surface area contributed by atoms with Gasteiger partial charge in [-0.3, -0.25) is 9.67 Å². The van der Waals surface area contributed by atoms with E-state index in [-0.39, 0.29) is 0 Å². The fourth-order valence-electron chi connectivity index (χ4n) is 3.24. The van der Waals surface area contributed by atoms with Gasteiger partial charge in [-0.15, -0.1) is 0 Å². The molecule has 2 heterocycles. The maximum Gasteiger partial charge on any atom is 0.190 e. The zero-order chi connectivity index (χ0) is 16.7. The minimum Gasteiger partial charge on any atom is -0.356 e. The van der Waals surface area contributed by atoms with Crippen molar-refractivity contribution in [1.29, 1.82) is 0 Å². The Balaban J connectivity index is 1.64. The van der Waals surface area contributed by atoms with Crippen LogP contribution in [0.3, 0.4) is 0 Å². The molecule has 0 aliphatic carbocycles. The molecule has 1 saturated heterocycles. The molecule has 0 radical (unpaired) electrons. The van der Waals surface area contributed by atoms with Gasteiger partial charge in [0.15, 0.2) is 5.96 Å². The summed E-state index contributed by atoms with van der Waals surface area (Å²) in [5.41, 5.74) is 2.32. The predicted molar refractivity (Wildman–Crippen MR) is 95.9 cm³/mol. The van der Waals surface area contributed by atoms with Gasteiger partial charge in [-0.1, -0.05) is 0 Å². The number of hydrogen-bond acceptors (Lipinski definition) is 3. The number of hydrogen-bond donors (Lipinski definition) is 2. The molecule has 6 nitrogen and oxygen atoms in total. The van der Waals surface area contributed by atoms with E-state index in [1.807, 2.05) is 14.0 Å². The number of nitrogens with zero attached hydrogens (tertiary/aromatic N) is 4. The lowest BCUT2D eigenvalue weighted by Crippen LogP contribution is -2.43. The monoisotopic (exact) mass is 320 g/mol. The lowest BCUT2D eigenvalue weighted by atomic mass is 9.99. The molecule has 0 aromatic carbocycles. The van der Waals surface area contributed by atoms with Crippen molar-refractivity contribution < 1.29 is 0 Å². The van der Waals surface area contributed by atoms with Crippen molar-refractivity contribution in [2.75, 3.05) is 40.3 Å². The maximum atomic E-state index is 4.49. The number of nitrogens with one attached hydrogen (secondary N) is 2. The van der Waals surface area contributed by atoms with E-state index in [1.165, 1.54) is 31.6 Å². The molecule has 1 aliphatic rings. The largest absolute Gasteiger partial charge is 0.356 e. The van der Waals surface area contributed by atoms with Gasteiger partial charge >= 0.3 is 0 Å². The van der Waals surface area contributed by atoms with Gasteiger partial charge in [-0.25, -0.2) is 0 Å². The van der Waals surface area contributed by atoms with Crippen LogP contribution >= 0.6 is 0 Å². The zero-order valence-corrected chi connectivity index (χ0v) is 15.1. The van der Waals surface area contributed by atoms with Crippen LogP contribution in [-0.4, -0.2) is 60.9 Å². The Morgan fingerprint density at radius 3 is 2.87 bits per heavy atom. The highest BCUT2D eigenvalue weighted by atomic mass is 15.3. The second kappa shape index (κ2) is 8.91. The normalized spacial score (nSPS) is 19.8. The smallest absolute Gasteiger partial charge is 0.190 e. The minimum atomic E-state index is 0.724. The average molecular weight is 320 g/mol. The van der Waals surface area contributed by atoms with Crippen LogP contribution < -0.4 is 10.6 Å². The molecule has 1 aromatic rings. The summed E-state index contributed by atoms with van der Waals surface area (Å²) in [7, 11) is 4.04. The highest BCUT2D eigenvalue weighted by Crippen LogP contribution is 2.13. The lowest BCUT2D eigenvalue weighted by molar-refractivity contribution is 0.210. The third-order valence-electron chi connectivity index (χ3n) is 4.45. The topological polar surface area (TPSA) is 57.5 Å². The standard InChI is InChI=1S/C17H32N6/c1-14-11-15(2)23(21-14)10-6-8-19-17(18-3)20-12-16-7-5-9-22(4)13-16/h11,16H,5-10,12-13H2,1-4H3,(H2,18,19,20). The summed E-state index contributed by atoms with van der Waals surface area (Å²) in [4.78, 5) is 6.73. The van der Waals surface area contributed by atoms with Crippen LogP contribution in [0.5, 0.6) is 0 Å². The van der Waals surface area contributed by atoms with E-state index in [0.29, 0.717) is 0 Å². The van der Waals surface area contributed by atoms with Gasteiger partial charge in [0.1, 0.15) is 0 Å². The van der Waals surface area contributed by atoms with Crippen LogP contribution in [0.4, 0.5) is 0 Å². The van der Waals surface area contributed by atoms with Gasteiger partial charge in [0.25, 0.3) is 0 Å². The Morgan fingerprint density at radius 1 is 1.39 bits per heavy atom. The molecule has 6 heteroatoms. The van der Waals surface area contributed by atoms with Crippen molar-refractivity contribution in [3.63, 3.8) is 0 Å². The van der Waals surface area contributed by atoms with E-state index >= 15 is 0 Å². The van der Waals surface area contributed by atoms with E-state index in [1.54, 1.807) is 0 Å². The molecule has 0 bridgehead atoms. The minimum absolute atomic E-state index is 0.724. The first kappa shape index (κ1) is 17.8. The van der Waals surface area contributed by atoms with Crippen LogP contribution in [0.2, 0.25) is 0 Å². The van der Waals surface area contributed by atoms with Crippen LogP contribution in [0.15, 0.2) is 11.1 Å². The number of piperidine rings is 1. The number of likely N-dealkylation sites (tertiary alicyclic amines) is 1. The Bertz CT molecular complexity index is 507. The Morgan fingerprint density at radius 2 is 2.22 bits per heavy atom. The Kier molecular flexibility index (Phi) is 6.89. The fourth-order valence-corrected chi connectivity index (χ4v) is 3.24. The zero-order valence-electron chi connectivity index (χ0n) is 15.1. The second-order valence-corrected chi connectivity index (χ2v) is 6.65. The predicted octanol–water partition coefficient (Wildman–Crippen LogP) is 1.40. The molecule has 1 fully saturated rings. The van der Waals surface area contributed by atoms with Gasteiger partial charge in [0.05, 0.1) is 5.69 Å². The SMILES string of the molecule is CN=C(NCCCn1nc(C)cc1C)NCC1CCCN(C)C1. The van der Waals surface area contributed by atoms with E-state index in [4.69, 9.17) is 0 Å². The van der Waals surface area contributed by atoms with Crippen molar-refractivity contribution in [3.8, 4) is 0 Å². The number of guanidine groups is 1. The highest BCUT2D eigenvalue weighted by molar-refractivity contribution is 5.79. The highest BCUT2D eigenvalue weighted by Gasteiger charge is 2.17. The first-order valence-corrected chi connectivity index (χ1v) is 8.72. The maximum absolute atomic E-state index is 4.49. The molecule has 2 rings (SSSR count). The summed E-state index contributed by atoms with van der Waals surface area (Å²) in [6, 6.07) is 2.12. The molecule has 0 saturated carbocycles. The molecule has 1 aromatic heterocycles. The summed E-state index contributed by atoms with van der Waals surface area (Å²) >= 11 is 0. The van der Waals surface area contributed by atoms with Crippen LogP contribution in [-0.2, 0) is 6.54 Å². The summed E-state index contributed by atoms with van der Waals surface area (Å²) in [5.74, 6) is 1.63. The van der Waals surface area contributed by atoms with E-state index in [9.17, 15) is 0 Å². The molecule has 1 atom stereocenters. The van der Waals surface area contributed by atoms with Crippen molar-refractivity contribution in [2.45, 2.75) is 39.7 Å². The third-order valence-corrected chi connectivity index (χ3v) is 4.45. The average Bonchev–Trinajstić information content (AvgIpc) is 2.84. The molecule has 130 valence electrons. The molecule has 0 spiro atoms. The number of aryl methyl sites for hydroxylation is 3. The number of aliphatic imine (C=N–C) groups is 1. The molecular formula is C17H32N6. The van der Waals surface area contributed by atoms with Gasteiger partial charge in [0.2, 0.25) is 0 Å². The lowest BCUT2D eigenvalue weighted by Gasteiger charge is -2.30. The molecule has 1 unspecified atom stereocenters. The first-order chi connectivity index (χ1) is 11.1. The van der Waals surface area contributed by atoms with Crippen LogP contribution in [0.25, 0.3) is 0 Å². The van der Waals surface area contributed by atoms with Crippen molar-refractivity contribution in [1.82, 2.24) is 25.3 Å². The summed E-state index contributed by atoms with van der Waals surface area (Å²) < 4.78 is 2.07.